The van der Waals surface area contributed by atoms with Gasteiger partial charge in [0.15, 0.2) is 0 Å². The molecule has 0 saturated carbocycles. The summed E-state index contributed by atoms with van der Waals surface area (Å²) in [5.74, 6) is 0. The van der Waals surface area contributed by atoms with E-state index in [1.165, 1.54) is 0 Å². The van der Waals surface area contributed by atoms with Gasteiger partial charge in [-0.25, -0.2) is 20.0 Å². The Bertz CT molecular complexity index is 546. The molecule has 0 heterocycles. The van der Waals surface area contributed by atoms with Gasteiger partial charge in [-0.15, -0.1) is 0 Å². The molecule has 0 fully saturated rings. The highest BCUT2D eigenvalue weighted by molar-refractivity contribution is 5.78. The van der Waals surface area contributed by atoms with Crippen LogP contribution in [0.2, 0.25) is 0 Å². The van der Waals surface area contributed by atoms with Crippen LogP contribution in [0.15, 0.2) is 30.3 Å². The van der Waals surface area contributed by atoms with E-state index >= 15 is 0 Å². The van der Waals surface area contributed by atoms with Crippen molar-refractivity contribution >= 4 is 12.1 Å². The molecule has 7 nitrogen and oxygen atoms in total. The largest absolute Gasteiger partial charge is 0.443 e. The quantitative estimate of drug-likeness (QED) is 0.661. The first-order chi connectivity index (χ1) is 10.3. The maximum atomic E-state index is 12.0. The number of nitrogens with zero attached hydrogens (tertiary/aromatic N) is 2. The smallest absolute Gasteiger partial charge is 0.426 e. The van der Waals surface area contributed by atoms with Crippen molar-refractivity contribution in [3.05, 3.63) is 35.9 Å². The van der Waals surface area contributed by atoms with Gasteiger partial charge in [0.25, 0.3) is 0 Å². The van der Waals surface area contributed by atoms with Crippen LogP contribution in [0.4, 0.5) is 9.59 Å². The van der Waals surface area contributed by atoms with E-state index in [1.807, 2.05) is 30.3 Å². The second-order valence-electron chi connectivity index (χ2n) is 5.50. The molecule has 118 valence electrons. The summed E-state index contributed by atoms with van der Waals surface area (Å²) in [6.45, 7) is 5.18. The van der Waals surface area contributed by atoms with Crippen LogP contribution in [0.3, 0.4) is 0 Å². The normalized spacial score (nSPS) is 10.3. The molecule has 1 aromatic carbocycles. The van der Waals surface area contributed by atoms with Crippen LogP contribution in [-0.4, -0.2) is 29.3 Å². The van der Waals surface area contributed by atoms with Crippen molar-refractivity contribution in [1.82, 2.24) is 15.8 Å². The fourth-order valence-corrected chi connectivity index (χ4v) is 1.55. The van der Waals surface area contributed by atoms with Crippen molar-refractivity contribution in [1.29, 1.82) is 5.26 Å². The monoisotopic (exact) mass is 304 g/mol. The summed E-state index contributed by atoms with van der Waals surface area (Å²) in [6.07, 6.45) is -0.740. The Labute approximate surface area is 129 Å². The van der Waals surface area contributed by atoms with Crippen molar-refractivity contribution in [2.75, 3.05) is 6.54 Å². The highest BCUT2D eigenvalue weighted by atomic mass is 16.6. The van der Waals surface area contributed by atoms with Gasteiger partial charge in [-0.05, 0) is 26.3 Å². The first-order valence-corrected chi connectivity index (χ1v) is 6.77. The predicted molar refractivity (Wildman–Crippen MR) is 80.4 cm³/mol. The summed E-state index contributed by atoms with van der Waals surface area (Å²) in [5, 5.41) is 12.0. The Morgan fingerprint density at radius 1 is 1.27 bits per heavy atom. The van der Waals surface area contributed by atoms with Gasteiger partial charge in [-0.2, -0.15) is 5.26 Å². The number of ether oxygens (including phenoxy) is 1. The Morgan fingerprint density at radius 3 is 2.45 bits per heavy atom. The summed E-state index contributed by atoms with van der Waals surface area (Å²) >= 11 is 0. The molecule has 0 aliphatic rings. The number of hydrogen-bond donors (Lipinski definition) is 2. The Balaban J connectivity index is 2.76. The van der Waals surface area contributed by atoms with Crippen LogP contribution in [0, 0.1) is 11.3 Å². The Morgan fingerprint density at radius 2 is 1.91 bits per heavy atom. The number of nitriles is 1. The summed E-state index contributed by atoms with van der Waals surface area (Å²) in [6, 6.07) is 10.4. The number of carbonyl (C=O) groups excluding carboxylic acids is 2. The minimum Gasteiger partial charge on any atom is -0.443 e. The maximum Gasteiger partial charge on any atom is 0.426 e. The van der Waals surface area contributed by atoms with Gasteiger partial charge in [-0.1, -0.05) is 30.3 Å². The average Bonchev–Trinajstić information content (AvgIpc) is 2.43. The van der Waals surface area contributed by atoms with Crippen molar-refractivity contribution in [3.8, 4) is 6.07 Å². The zero-order chi connectivity index (χ0) is 16.6. The van der Waals surface area contributed by atoms with E-state index in [1.54, 1.807) is 26.8 Å². The van der Waals surface area contributed by atoms with E-state index in [4.69, 9.17) is 10.00 Å². The molecule has 0 aliphatic carbocycles. The summed E-state index contributed by atoms with van der Waals surface area (Å²) in [5.41, 5.74) is 2.53. The van der Waals surface area contributed by atoms with Crippen LogP contribution in [-0.2, 0) is 11.3 Å². The topological polar surface area (TPSA) is 94.5 Å². The number of amides is 3. The van der Waals surface area contributed by atoms with Crippen molar-refractivity contribution in [3.63, 3.8) is 0 Å². The Hall–Kier alpha value is -2.75. The zero-order valence-corrected chi connectivity index (χ0v) is 12.9. The molecule has 2 N–H and O–H groups in total. The molecule has 3 amide bonds. The van der Waals surface area contributed by atoms with E-state index in [-0.39, 0.29) is 13.1 Å². The van der Waals surface area contributed by atoms with Gasteiger partial charge in [0.1, 0.15) is 12.1 Å². The molecule has 0 saturated heterocycles. The van der Waals surface area contributed by atoms with Gasteiger partial charge in [0.2, 0.25) is 0 Å². The lowest BCUT2D eigenvalue weighted by Gasteiger charge is -2.26. The predicted octanol–water partition coefficient (Wildman–Crippen LogP) is 2.16. The number of hydrazine groups is 1. The Kier molecular flexibility index (Phi) is 6.20. The third-order valence-corrected chi connectivity index (χ3v) is 2.37. The molecule has 0 aliphatic heterocycles. The van der Waals surface area contributed by atoms with Gasteiger partial charge in [0.05, 0.1) is 12.6 Å². The lowest BCUT2D eigenvalue weighted by atomic mass is 10.2. The van der Waals surface area contributed by atoms with E-state index in [0.717, 1.165) is 10.6 Å². The number of nitrogens with one attached hydrogen (secondary N) is 2. The maximum absolute atomic E-state index is 12.0. The minimum absolute atomic E-state index is 0.150. The third-order valence-electron chi connectivity index (χ3n) is 2.37. The van der Waals surface area contributed by atoms with Crippen LogP contribution in [0.1, 0.15) is 26.3 Å². The first kappa shape index (κ1) is 17.3. The highest BCUT2D eigenvalue weighted by Gasteiger charge is 2.21. The number of hydrogen-bond acceptors (Lipinski definition) is 4. The number of urea groups is 1. The standard InChI is InChI=1S/C15H20N4O3/c1-15(2,3)22-14(21)18-19(13(20)17-10-9-16)11-12-7-5-4-6-8-12/h4-8H,10-11H2,1-3H3,(H,17,20)(H,18,21). The molecular weight excluding hydrogens is 284 g/mol. The van der Waals surface area contributed by atoms with Gasteiger partial charge < -0.3 is 10.1 Å². The van der Waals surface area contributed by atoms with Gasteiger partial charge in [0, 0.05) is 0 Å². The van der Waals surface area contributed by atoms with Crippen LogP contribution < -0.4 is 10.7 Å². The van der Waals surface area contributed by atoms with E-state index < -0.39 is 17.7 Å². The molecule has 0 atom stereocenters. The zero-order valence-electron chi connectivity index (χ0n) is 12.9. The number of benzene rings is 1. The van der Waals surface area contributed by atoms with Crippen LogP contribution >= 0.6 is 0 Å². The SMILES string of the molecule is CC(C)(C)OC(=O)NN(Cc1ccccc1)C(=O)NCC#N. The van der Waals surface area contributed by atoms with E-state index in [0.29, 0.717) is 0 Å². The third kappa shape index (κ3) is 6.61. The summed E-state index contributed by atoms with van der Waals surface area (Å²) in [7, 11) is 0. The molecule has 7 heteroatoms. The average molecular weight is 304 g/mol. The highest BCUT2D eigenvalue weighted by Crippen LogP contribution is 2.08. The van der Waals surface area contributed by atoms with Crippen molar-refractivity contribution in [2.45, 2.75) is 32.9 Å². The first-order valence-electron chi connectivity index (χ1n) is 6.77. The fraction of sp³-hybridized carbons (Fsp3) is 0.400. The summed E-state index contributed by atoms with van der Waals surface area (Å²) in [4.78, 5) is 23.8. The molecule has 0 aromatic heterocycles. The molecule has 0 spiro atoms. The van der Waals surface area contributed by atoms with E-state index in [2.05, 4.69) is 10.7 Å². The van der Waals surface area contributed by atoms with Crippen molar-refractivity contribution < 1.29 is 14.3 Å². The summed E-state index contributed by atoms with van der Waals surface area (Å²) < 4.78 is 5.12. The second kappa shape index (κ2) is 7.88. The van der Waals surface area contributed by atoms with Gasteiger partial charge >= 0.3 is 12.1 Å². The number of rotatable bonds is 3. The molecule has 0 unspecified atom stereocenters. The molecule has 1 aromatic rings. The molecule has 1 rings (SSSR count). The molecule has 0 radical (unpaired) electrons. The van der Waals surface area contributed by atoms with Crippen molar-refractivity contribution in [2.24, 2.45) is 0 Å². The lowest BCUT2D eigenvalue weighted by molar-refractivity contribution is 0.0370. The lowest BCUT2D eigenvalue weighted by Crippen LogP contribution is -2.51. The molecular formula is C15H20N4O3. The molecule has 0 bridgehead atoms. The molecule has 22 heavy (non-hydrogen) atoms. The second-order valence-corrected chi connectivity index (χ2v) is 5.50. The van der Waals surface area contributed by atoms with Crippen LogP contribution in [0.25, 0.3) is 0 Å². The number of carbonyl (C=O) groups is 2. The minimum atomic E-state index is -0.740. The van der Waals surface area contributed by atoms with Crippen LogP contribution in [0.5, 0.6) is 0 Å². The fourth-order valence-electron chi connectivity index (χ4n) is 1.55. The van der Waals surface area contributed by atoms with E-state index in [9.17, 15) is 9.59 Å². The van der Waals surface area contributed by atoms with Gasteiger partial charge in [-0.3, -0.25) is 0 Å².